The van der Waals surface area contributed by atoms with Crippen LogP contribution < -0.4 is 10.1 Å². The fourth-order valence-corrected chi connectivity index (χ4v) is 2.94. The molecule has 8 nitrogen and oxygen atoms in total. The molecule has 2 aromatic rings. The molecule has 1 N–H and O–H groups in total. The van der Waals surface area contributed by atoms with Gasteiger partial charge in [-0.05, 0) is 25.1 Å². The number of anilines is 1. The summed E-state index contributed by atoms with van der Waals surface area (Å²) in [7, 11) is 1.48. The number of ether oxygens (including phenoxy) is 2. The molecule has 0 bridgehead atoms. The van der Waals surface area contributed by atoms with Gasteiger partial charge in [-0.2, -0.15) is 0 Å². The number of amides is 1. The summed E-state index contributed by atoms with van der Waals surface area (Å²) < 4.78 is 10.2. The molecule has 2 aromatic carbocycles. The second-order valence-electron chi connectivity index (χ2n) is 5.34. The summed E-state index contributed by atoms with van der Waals surface area (Å²) in [5.41, 5.74) is 0.374. The first-order chi connectivity index (χ1) is 12.9. The molecule has 142 valence electrons. The Hall–Kier alpha value is -3.07. The summed E-state index contributed by atoms with van der Waals surface area (Å²) in [5, 5.41) is 13.6. The molecule has 0 saturated carbocycles. The molecule has 1 atom stereocenters. The standard InChI is InChI=1S/C18H18N2O6S/c1-12(18(22)19-13-7-3-5-9-15(13)25-2)26-17(21)11-27-16-10-6-4-8-14(16)20(23)24/h3-10,12H,11H2,1-2H3,(H,19,22)/t12-/m1/s1. The molecule has 0 spiro atoms. The summed E-state index contributed by atoms with van der Waals surface area (Å²) in [6.07, 6.45) is -1.03. The van der Waals surface area contributed by atoms with E-state index in [1.165, 1.54) is 20.1 Å². The Labute approximate surface area is 160 Å². The number of rotatable bonds is 8. The highest BCUT2D eigenvalue weighted by Crippen LogP contribution is 2.28. The van der Waals surface area contributed by atoms with Gasteiger partial charge in [0.05, 0.1) is 28.4 Å². The average Bonchev–Trinajstić information content (AvgIpc) is 2.66. The number of thioether (sulfide) groups is 1. The van der Waals surface area contributed by atoms with E-state index in [0.717, 1.165) is 11.8 Å². The van der Waals surface area contributed by atoms with E-state index in [4.69, 9.17) is 9.47 Å². The molecule has 2 rings (SSSR count). The zero-order chi connectivity index (χ0) is 19.8. The Kier molecular flexibility index (Phi) is 7.18. The van der Waals surface area contributed by atoms with Crippen LogP contribution in [0.3, 0.4) is 0 Å². The van der Waals surface area contributed by atoms with Gasteiger partial charge < -0.3 is 14.8 Å². The lowest BCUT2D eigenvalue weighted by atomic mass is 10.2. The largest absolute Gasteiger partial charge is 0.495 e. The number of methoxy groups -OCH3 is 1. The Morgan fingerprint density at radius 1 is 1.19 bits per heavy atom. The van der Waals surface area contributed by atoms with Crippen LogP contribution in [0, 0.1) is 10.1 Å². The zero-order valence-electron chi connectivity index (χ0n) is 14.7. The maximum absolute atomic E-state index is 12.2. The number of carbonyl (C=O) groups is 2. The van der Waals surface area contributed by atoms with Crippen LogP contribution in [-0.4, -0.2) is 35.8 Å². The van der Waals surface area contributed by atoms with Gasteiger partial charge in [0.1, 0.15) is 5.75 Å². The summed E-state index contributed by atoms with van der Waals surface area (Å²) in [6.45, 7) is 1.44. The van der Waals surface area contributed by atoms with Gasteiger partial charge in [-0.25, -0.2) is 0 Å². The zero-order valence-corrected chi connectivity index (χ0v) is 15.5. The monoisotopic (exact) mass is 390 g/mol. The number of para-hydroxylation sites is 3. The second-order valence-corrected chi connectivity index (χ2v) is 6.35. The number of nitro groups is 1. The highest BCUT2D eigenvalue weighted by molar-refractivity contribution is 8.00. The van der Waals surface area contributed by atoms with Crippen molar-refractivity contribution in [2.24, 2.45) is 0 Å². The highest BCUT2D eigenvalue weighted by atomic mass is 32.2. The first-order valence-electron chi connectivity index (χ1n) is 7.92. The van der Waals surface area contributed by atoms with Crippen molar-refractivity contribution in [3.63, 3.8) is 0 Å². The van der Waals surface area contributed by atoms with Crippen molar-refractivity contribution in [2.75, 3.05) is 18.2 Å². The van der Waals surface area contributed by atoms with Gasteiger partial charge in [0.15, 0.2) is 6.10 Å². The third kappa shape index (κ3) is 5.71. The molecule has 0 saturated heterocycles. The average molecular weight is 390 g/mol. The summed E-state index contributed by atoms with van der Waals surface area (Å²) >= 11 is 0.979. The minimum Gasteiger partial charge on any atom is -0.495 e. The summed E-state index contributed by atoms with van der Waals surface area (Å²) in [4.78, 5) is 35.0. The smallest absolute Gasteiger partial charge is 0.317 e. The van der Waals surface area contributed by atoms with Crippen molar-refractivity contribution in [3.8, 4) is 5.75 Å². The van der Waals surface area contributed by atoms with E-state index in [2.05, 4.69) is 5.32 Å². The number of hydrogen-bond acceptors (Lipinski definition) is 7. The van der Waals surface area contributed by atoms with Crippen LogP contribution >= 0.6 is 11.8 Å². The van der Waals surface area contributed by atoms with Crippen molar-refractivity contribution in [1.29, 1.82) is 0 Å². The van der Waals surface area contributed by atoms with Gasteiger partial charge in [0.2, 0.25) is 0 Å². The molecule has 9 heteroatoms. The van der Waals surface area contributed by atoms with Crippen LogP contribution in [0.25, 0.3) is 0 Å². The normalized spacial score (nSPS) is 11.3. The Balaban J connectivity index is 1.90. The number of esters is 1. The van der Waals surface area contributed by atoms with Crippen LogP contribution in [0.4, 0.5) is 11.4 Å². The second kappa shape index (κ2) is 9.58. The Morgan fingerprint density at radius 3 is 2.56 bits per heavy atom. The van der Waals surface area contributed by atoms with E-state index >= 15 is 0 Å². The quantitative estimate of drug-likeness (QED) is 0.319. The van der Waals surface area contributed by atoms with Gasteiger partial charge in [0, 0.05) is 6.07 Å². The molecular formula is C18H18N2O6S. The molecule has 27 heavy (non-hydrogen) atoms. The fraction of sp³-hybridized carbons (Fsp3) is 0.222. The number of nitrogens with zero attached hydrogens (tertiary/aromatic N) is 1. The van der Waals surface area contributed by atoms with E-state index in [9.17, 15) is 19.7 Å². The molecular weight excluding hydrogens is 372 g/mol. The lowest BCUT2D eigenvalue weighted by Crippen LogP contribution is -2.30. The van der Waals surface area contributed by atoms with Crippen molar-refractivity contribution in [2.45, 2.75) is 17.9 Å². The number of nitro benzene ring substituents is 1. The Bertz CT molecular complexity index is 842. The van der Waals surface area contributed by atoms with E-state index < -0.39 is 22.9 Å². The summed E-state index contributed by atoms with van der Waals surface area (Å²) in [5.74, 6) is -0.836. The van der Waals surface area contributed by atoms with Crippen LogP contribution in [0.5, 0.6) is 5.75 Å². The van der Waals surface area contributed by atoms with Crippen LogP contribution in [0.2, 0.25) is 0 Å². The van der Waals surface area contributed by atoms with Crippen molar-refractivity contribution in [3.05, 3.63) is 58.6 Å². The van der Waals surface area contributed by atoms with Gasteiger partial charge in [0.25, 0.3) is 11.6 Å². The third-order valence-electron chi connectivity index (χ3n) is 3.45. The molecule has 0 aliphatic rings. The lowest BCUT2D eigenvalue weighted by Gasteiger charge is -2.15. The first kappa shape index (κ1) is 20.2. The fourth-order valence-electron chi connectivity index (χ4n) is 2.13. The molecule has 0 fully saturated rings. The van der Waals surface area contributed by atoms with Gasteiger partial charge in [-0.15, -0.1) is 11.8 Å². The Morgan fingerprint density at radius 2 is 1.85 bits per heavy atom. The van der Waals surface area contributed by atoms with Gasteiger partial charge in [-0.3, -0.25) is 19.7 Å². The molecule has 0 aromatic heterocycles. The molecule has 0 heterocycles. The van der Waals surface area contributed by atoms with E-state index in [-0.39, 0.29) is 11.4 Å². The minimum absolute atomic E-state index is 0.0859. The molecule has 0 aliphatic heterocycles. The maximum atomic E-state index is 12.2. The van der Waals surface area contributed by atoms with Crippen LogP contribution in [-0.2, 0) is 14.3 Å². The number of hydrogen-bond donors (Lipinski definition) is 1. The lowest BCUT2D eigenvalue weighted by molar-refractivity contribution is -0.387. The first-order valence-corrected chi connectivity index (χ1v) is 8.90. The topological polar surface area (TPSA) is 108 Å². The molecule has 0 radical (unpaired) electrons. The third-order valence-corrected chi connectivity index (χ3v) is 4.49. The molecule has 0 aliphatic carbocycles. The predicted octanol–water partition coefficient (Wildman–Crippen LogP) is 3.27. The van der Waals surface area contributed by atoms with E-state index in [0.29, 0.717) is 16.3 Å². The van der Waals surface area contributed by atoms with Crippen molar-refractivity contribution >= 4 is 35.0 Å². The van der Waals surface area contributed by atoms with E-state index in [1.54, 1.807) is 42.5 Å². The number of nitrogens with one attached hydrogen (secondary N) is 1. The maximum Gasteiger partial charge on any atom is 0.317 e. The summed E-state index contributed by atoms with van der Waals surface area (Å²) in [6, 6.07) is 12.9. The van der Waals surface area contributed by atoms with E-state index in [1.807, 2.05) is 0 Å². The van der Waals surface area contributed by atoms with Crippen molar-refractivity contribution in [1.82, 2.24) is 0 Å². The van der Waals surface area contributed by atoms with Crippen LogP contribution in [0.1, 0.15) is 6.92 Å². The molecule has 1 amide bonds. The van der Waals surface area contributed by atoms with Gasteiger partial charge >= 0.3 is 5.97 Å². The van der Waals surface area contributed by atoms with Crippen molar-refractivity contribution < 1.29 is 24.0 Å². The highest BCUT2D eigenvalue weighted by Gasteiger charge is 2.20. The molecule has 0 unspecified atom stereocenters. The van der Waals surface area contributed by atoms with Gasteiger partial charge in [-0.1, -0.05) is 24.3 Å². The SMILES string of the molecule is COc1ccccc1NC(=O)[C@@H](C)OC(=O)CSc1ccccc1[N+](=O)[O-]. The predicted molar refractivity (Wildman–Crippen MR) is 101 cm³/mol. The minimum atomic E-state index is -1.03. The number of carbonyl (C=O) groups excluding carboxylic acids is 2. The number of benzene rings is 2. The van der Waals surface area contributed by atoms with Crippen LogP contribution in [0.15, 0.2) is 53.4 Å².